The zero-order valence-corrected chi connectivity index (χ0v) is 41.9. The summed E-state index contributed by atoms with van der Waals surface area (Å²) in [4.78, 5) is 4.70. The van der Waals surface area contributed by atoms with E-state index in [1.807, 2.05) is 0 Å². The molecular weight excluding hydrogens is 917 g/mol. The smallest absolute Gasteiger partial charge is 0.0463 e. The first-order valence-electron chi connectivity index (χ1n) is 26.1. The summed E-state index contributed by atoms with van der Waals surface area (Å²) in [5.41, 5.74) is 20.9. The Morgan fingerprint density at radius 2 is 0.303 bits per heavy atom. The van der Waals surface area contributed by atoms with E-state index >= 15 is 0 Å². The fraction of sp³-hybridized carbons (Fsp3) is 0. The lowest BCUT2D eigenvalue weighted by Crippen LogP contribution is -2.12. The first-order valence-corrected chi connectivity index (χ1v) is 26.1. The SMILES string of the molecule is c1ccc(-c2ccc(-c3ccc(N(c4ccc(-c5ccc(-c6ccccc6)cc5)cc4)c4ccc(N(c5ccccc5)c5ccc(-c6c7ccccc7c(-c7ccccc7)c7ccccc67)cc5)cc4)cc3)cc2)cc1. The van der Waals surface area contributed by atoms with Crippen LogP contribution in [0.1, 0.15) is 0 Å². The summed E-state index contributed by atoms with van der Waals surface area (Å²) in [6, 6.07) is 114. The van der Waals surface area contributed by atoms with Gasteiger partial charge in [0.2, 0.25) is 0 Å². The van der Waals surface area contributed by atoms with Crippen LogP contribution in [0.2, 0.25) is 0 Å². The summed E-state index contributed by atoms with van der Waals surface area (Å²) in [6.45, 7) is 0. The second kappa shape index (κ2) is 20.5. The van der Waals surface area contributed by atoms with Crippen molar-refractivity contribution in [1.82, 2.24) is 0 Å². The summed E-state index contributed by atoms with van der Waals surface area (Å²) in [7, 11) is 0. The quantitative estimate of drug-likeness (QED) is 0.113. The lowest BCUT2D eigenvalue weighted by Gasteiger charge is -2.28. The molecule has 0 bridgehead atoms. The molecule has 76 heavy (non-hydrogen) atoms. The Morgan fingerprint density at radius 1 is 0.132 bits per heavy atom. The molecule has 358 valence electrons. The number of hydrogen-bond donors (Lipinski definition) is 0. The third-order valence-corrected chi connectivity index (χ3v) is 14.7. The molecule has 0 saturated heterocycles. The molecule has 0 unspecified atom stereocenters. The van der Waals surface area contributed by atoms with Crippen LogP contribution in [0.25, 0.3) is 88.3 Å². The summed E-state index contributed by atoms with van der Waals surface area (Å²) in [5, 5.41) is 4.99. The molecule has 2 nitrogen and oxygen atoms in total. The fourth-order valence-electron chi connectivity index (χ4n) is 10.9. The van der Waals surface area contributed by atoms with Gasteiger partial charge in [0.1, 0.15) is 0 Å². The van der Waals surface area contributed by atoms with Crippen LogP contribution in [0.4, 0.5) is 34.1 Å². The Morgan fingerprint density at radius 3 is 0.592 bits per heavy atom. The summed E-state index contributed by atoms with van der Waals surface area (Å²) < 4.78 is 0. The molecule has 0 aliphatic heterocycles. The number of hydrogen-bond acceptors (Lipinski definition) is 2. The maximum Gasteiger partial charge on any atom is 0.0463 e. The molecule has 0 amide bonds. The molecular formula is C74H52N2. The largest absolute Gasteiger partial charge is 0.311 e. The average molecular weight is 969 g/mol. The van der Waals surface area contributed by atoms with Crippen LogP contribution in [0, 0.1) is 0 Å². The first-order chi connectivity index (χ1) is 37.7. The van der Waals surface area contributed by atoms with Crippen LogP contribution in [0.3, 0.4) is 0 Å². The van der Waals surface area contributed by atoms with Crippen LogP contribution >= 0.6 is 0 Å². The average Bonchev–Trinajstić information content (AvgIpc) is 3.56. The molecule has 13 aromatic rings. The molecule has 0 aliphatic rings. The van der Waals surface area contributed by atoms with E-state index in [9.17, 15) is 0 Å². The van der Waals surface area contributed by atoms with Gasteiger partial charge in [-0.25, -0.2) is 0 Å². The predicted molar refractivity (Wildman–Crippen MR) is 323 cm³/mol. The van der Waals surface area contributed by atoms with E-state index < -0.39 is 0 Å². The molecule has 0 spiro atoms. The van der Waals surface area contributed by atoms with Crippen LogP contribution < -0.4 is 9.80 Å². The lowest BCUT2D eigenvalue weighted by molar-refractivity contribution is 1.26. The van der Waals surface area contributed by atoms with E-state index in [2.05, 4.69) is 325 Å². The van der Waals surface area contributed by atoms with Crippen molar-refractivity contribution in [2.45, 2.75) is 0 Å². The van der Waals surface area contributed by atoms with Gasteiger partial charge < -0.3 is 9.80 Å². The molecule has 0 aliphatic carbocycles. The van der Waals surface area contributed by atoms with Gasteiger partial charge in [-0.2, -0.15) is 0 Å². The van der Waals surface area contributed by atoms with Crippen molar-refractivity contribution in [3.8, 4) is 66.8 Å². The normalized spacial score (nSPS) is 11.2. The standard InChI is InChI=1S/C74H52N2/c1-5-17-53(18-6-1)55-29-33-57(34-30-55)59-37-43-64(44-38-59)76(65-45-39-60(40-46-65)58-35-31-56(32-36-58)54-19-7-2-8-20-54)68-51-49-67(50-52-68)75(63-23-11-4-12-24-63)66-47-41-62(42-48-66)74-71-27-15-13-25-69(71)73(61-21-9-3-10-22-61)70-26-14-16-28-72(70)74/h1-52H. The Labute approximate surface area is 445 Å². The highest BCUT2D eigenvalue weighted by atomic mass is 15.2. The van der Waals surface area contributed by atoms with Gasteiger partial charge in [-0.15, -0.1) is 0 Å². The van der Waals surface area contributed by atoms with E-state index in [-0.39, 0.29) is 0 Å². The fourth-order valence-corrected chi connectivity index (χ4v) is 10.9. The summed E-state index contributed by atoms with van der Waals surface area (Å²) in [6.07, 6.45) is 0. The molecule has 13 aromatic carbocycles. The minimum absolute atomic E-state index is 1.06. The molecule has 0 atom stereocenters. The molecule has 13 rings (SSSR count). The van der Waals surface area contributed by atoms with Crippen LogP contribution in [-0.4, -0.2) is 0 Å². The monoisotopic (exact) mass is 968 g/mol. The number of benzene rings is 13. The molecule has 0 heterocycles. The van der Waals surface area contributed by atoms with Crippen molar-refractivity contribution >= 4 is 55.7 Å². The molecule has 0 fully saturated rings. The zero-order chi connectivity index (χ0) is 50.6. The van der Waals surface area contributed by atoms with Crippen LogP contribution in [0.15, 0.2) is 315 Å². The highest BCUT2D eigenvalue weighted by Crippen LogP contribution is 2.45. The Balaban J connectivity index is 0.854. The van der Waals surface area contributed by atoms with Crippen molar-refractivity contribution in [3.63, 3.8) is 0 Å². The Bertz CT molecular complexity index is 3880. The minimum atomic E-state index is 1.06. The zero-order valence-electron chi connectivity index (χ0n) is 41.9. The second-order valence-electron chi connectivity index (χ2n) is 19.3. The van der Waals surface area contributed by atoms with Crippen molar-refractivity contribution < 1.29 is 0 Å². The van der Waals surface area contributed by atoms with Gasteiger partial charge in [-0.3, -0.25) is 0 Å². The van der Waals surface area contributed by atoms with E-state index in [4.69, 9.17) is 0 Å². The minimum Gasteiger partial charge on any atom is -0.311 e. The summed E-state index contributed by atoms with van der Waals surface area (Å²) >= 11 is 0. The van der Waals surface area contributed by atoms with Crippen LogP contribution in [-0.2, 0) is 0 Å². The van der Waals surface area contributed by atoms with Crippen molar-refractivity contribution in [2.75, 3.05) is 9.80 Å². The molecule has 2 heteroatoms. The van der Waals surface area contributed by atoms with Gasteiger partial charge in [-0.1, -0.05) is 243 Å². The second-order valence-corrected chi connectivity index (χ2v) is 19.3. The number of fused-ring (bicyclic) bond motifs is 2. The van der Waals surface area contributed by atoms with E-state index in [0.29, 0.717) is 0 Å². The maximum atomic E-state index is 2.35. The Kier molecular flexibility index (Phi) is 12.3. The summed E-state index contributed by atoms with van der Waals surface area (Å²) in [5.74, 6) is 0. The molecule has 0 saturated carbocycles. The van der Waals surface area contributed by atoms with E-state index in [1.165, 1.54) is 88.3 Å². The topological polar surface area (TPSA) is 6.48 Å². The third kappa shape index (κ3) is 8.99. The van der Waals surface area contributed by atoms with Crippen molar-refractivity contribution in [1.29, 1.82) is 0 Å². The van der Waals surface area contributed by atoms with Crippen molar-refractivity contribution in [2.24, 2.45) is 0 Å². The van der Waals surface area contributed by atoms with Gasteiger partial charge in [-0.05, 0) is 161 Å². The van der Waals surface area contributed by atoms with E-state index in [0.717, 1.165) is 34.1 Å². The molecule has 0 aromatic heterocycles. The molecule has 0 radical (unpaired) electrons. The maximum absolute atomic E-state index is 2.35. The number of rotatable bonds is 12. The van der Waals surface area contributed by atoms with Crippen LogP contribution in [0.5, 0.6) is 0 Å². The van der Waals surface area contributed by atoms with Gasteiger partial charge >= 0.3 is 0 Å². The van der Waals surface area contributed by atoms with Gasteiger partial charge in [0, 0.05) is 34.1 Å². The first kappa shape index (κ1) is 45.8. The number of para-hydroxylation sites is 1. The van der Waals surface area contributed by atoms with Gasteiger partial charge in [0.25, 0.3) is 0 Å². The van der Waals surface area contributed by atoms with Gasteiger partial charge in [0.15, 0.2) is 0 Å². The predicted octanol–water partition coefficient (Wildman–Crippen LogP) is 20.9. The number of nitrogens with zero attached hydrogens (tertiary/aromatic N) is 2. The lowest BCUT2D eigenvalue weighted by atomic mass is 9.86. The highest BCUT2D eigenvalue weighted by molar-refractivity contribution is 6.21. The molecule has 0 N–H and O–H groups in total. The van der Waals surface area contributed by atoms with E-state index in [1.54, 1.807) is 0 Å². The van der Waals surface area contributed by atoms with Crippen molar-refractivity contribution in [3.05, 3.63) is 315 Å². The Hall–Kier alpha value is -10.0. The number of anilines is 6. The third-order valence-electron chi connectivity index (χ3n) is 14.7. The highest BCUT2D eigenvalue weighted by Gasteiger charge is 2.20. The van der Waals surface area contributed by atoms with Gasteiger partial charge in [0.05, 0.1) is 0 Å².